The second-order valence-corrected chi connectivity index (χ2v) is 9.45. The van der Waals surface area contributed by atoms with Crippen molar-refractivity contribution in [1.82, 2.24) is 14.1 Å². The number of imidazole rings is 1. The van der Waals surface area contributed by atoms with Crippen molar-refractivity contribution >= 4 is 32.8 Å². The van der Waals surface area contributed by atoms with Crippen LogP contribution in [0.15, 0.2) is 27.5 Å². The van der Waals surface area contributed by atoms with Gasteiger partial charge in [0, 0.05) is 29.3 Å². The molecule has 30 heavy (non-hydrogen) atoms. The normalized spacial score (nSPS) is 13.6. The third-order valence-electron chi connectivity index (χ3n) is 6.22. The molecule has 0 unspecified atom stereocenters. The van der Waals surface area contributed by atoms with E-state index < -0.39 is 0 Å². The van der Waals surface area contributed by atoms with E-state index in [1.54, 1.807) is 0 Å². The molecule has 0 saturated carbocycles. The number of aryl methyl sites for hydroxylation is 3. The highest BCUT2D eigenvalue weighted by molar-refractivity contribution is 9.10. The first-order chi connectivity index (χ1) is 14.4. The van der Waals surface area contributed by atoms with Gasteiger partial charge in [-0.05, 0) is 62.9 Å². The number of pyridine rings is 1. The molecule has 0 aliphatic carbocycles. The van der Waals surface area contributed by atoms with Crippen LogP contribution in [0.2, 0.25) is 0 Å². The third kappa shape index (κ3) is 3.39. The van der Waals surface area contributed by atoms with Crippen molar-refractivity contribution in [3.05, 3.63) is 50.0 Å². The Labute approximate surface area is 186 Å². The average molecular weight is 471 g/mol. The molecule has 3 aromatic rings. The van der Waals surface area contributed by atoms with Crippen molar-refractivity contribution in [1.29, 1.82) is 0 Å². The maximum absolute atomic E-state index is 13.6. The molecular weight excluding hydrogens is 440 g/mol. The maximum Gasteiger partial charge on any atom is 0.335 e. The smallest absolute Gasteiger partial charge is 0.335 e. The first-order valence-electron chi connectivity index (χ1n) is 11.0. The Bertz CT molecular complexity index is 1130. The standard InChI is InChI=1S/C24H31BrN4O/c1-6-8-19(9-7-2)27-10-11-28-22-20(27)14-17(5)26-23(22)29(24(28)30)21-15(3)12-18(25)13-16(21)4/h12-14,19H,6-11H2,1-5H3. The topological polar surface area (TPSA) is 43.1 Å². The van der Waals surface area contributed by atoms with Crippen LogP contribution in [-0.2, 0) is 6.54 Å². The number of nitrogens with zero attached hydrogens (tertiary/aromatic N) is 4. The molecule has 1 aliphatic heterocycles. The van der Waals surface area contributed by atoms with Gasteiger partial charge in [-0.2, -0.15) is 0 Å². The van der Waals surface area contributed by atoms with Crippen molar-refractivity contribution in [3.63, 3.8) is 0 Å². The molecule has 0 spiro atoms. The molecule has 2 aromatic heterocycles. The third-order valence-corrected chi connectivity index (χ3v) is 6.68. The van der Waals surface area contributed by atoms with Crippen LogP contribution < -0.4 is 10.6 Å². The lowest BCUT2D eigenvalue weighted by atomic mass is 10.0. The summed E-state index contributed by atoms with van der Waals surface area (Å²) in [4.78, 5) is 21.0. The van der Waals surface area contributed by atoms with Gasteiger partial charge in [-0.15, -0.1) is 0 Å². The molecule has 160 valence electrons. The van der Waals surface area contributed by atoms with E-state index in [0.29, 0.717) is 12.6 Å². The predicted octanol–water partition coefficient (Wildman–Crippen LogP) is 5.66. The van der Waals surface area contributed by atoms with Gasteiger partial charge in [-0.3, -0.25) is 4.57 Å². The Morgan fingerprint density at radius 3 is 2.27 bits per heavy atom. The van der Waals surface area contributed by atoms with Crippen molar-refractivity contribution < 1.29 is 0 Å². The lowest BCUT2D eigenvalue weighted by Crippen LogP contribution is -2.42. The molecule has 0 bridgehead atoms. The van der Waals surface area contributed by atoms with Crippen LogP contribution in [0.3, 0.4) is 0 Å². The van der Waals surface area contributed by atoms with Crippen LogP contribution in [0.25, 0.3) is 16.9 Å². The van der Waals surface area contributed by atoms with Crippen LogP contribution in [-0.4, -0.2) is 26.7 Å². The van der Waals surface area contributed by atoms with E-state index in [4.69, 9.17) is 4.98 Å². The molecule has 5 nitrogen and oxygen atoms in total. The van der Waals surface area contributed by atoms with E-state index in [1.165, 1.54) is 31.4 Å². The molecule has 0 fully saturated rings. The summed E-state index contributed by atoms with van der Waals surface area (Å²) in [5.74, 6) is 0. The van der Waals surface area contributed by atoms with Gasteiger partial charge < -0.3 is 4.90 Å². The van der Waals surface area contributed by atoms with Gasteiger partial charge in [0.05, 0.1) is 11.4 Å². The number of anilines is 1. The lowest BCUT2D eigenvalue weighted by Gasteiger charge is -2.37. The fraction of sp³-hybridized carbons (Fsp3) is 0.500. The quantitative estimate of drug-likeness (QED) is 0.466. The number of benzene rings is 1. The summed E-state index contributed by atoms with van der Waals surface area (Å²) in [6.45, 7) is 12.2. The van der Waals surface area contributed by atoms with Gasteiger partial charge >= 0.3 is 5.69 Å². The first-order valence-corrected chi connectivity index (χ1v) is 11.8. The number of halogens is 1. The molecule has 0 saturated heterocycles. The fourth-order valence-corrected chi connectivity index (χ4v) is 5.76. The summed E-state index contributed by atoms with van der Waals surface area (Å²) in [6, 6.07) is 6.81. The minimum Gasteiger partial charge on any atom is -0.365 e. The highest BCUT2D eigenvalue weighted by atomic mass is 79.9. The lowest BCUT2D eigenvalue weighted by molar-refractivity contribution is 0.480. The highest BCUT2D eigenvalue weighted by Gasteiger charge is 2.30. The summed E-state index contributed by atoms with van der Waals surface area (Å²) in [5, 5.41) is 0. The van der Waals surface area contributed by atoms with E-state index >= 15 is 0 Å². The second-order valence-electron chi connectivity index (χ2n) is 8.54. The summed E-state index contributed by atoms with van der Waals surface area (Å²) in [6.07, 6.45) is 4.68. The van der Waals surface area contributed by atoms with Crippen molar-refractivity contribution in [2.75, 3.05) is 11.4 Å². The molecule has 1 aliphatic rings. The average Bonchev–Trinajstić information content (AvgIpc) is 2.94. The van der Waals surface area contributed by atoms with Gasteiger partial charge in [0.1, 0.15) is 5.52 Å². The van der Waals surface area contributed by atoms with Crippen LogP contribution in [0.5, 0.6) is 0 Å². The van der Waals surface area contributed by atoms with Gasteiger partial charge in [-0.25, -0.2) is 14.3 Å². The van der Waals surface area contributed by atoms with Gasteiger partial charge in [0.15, 0.2) is 5.65 Å². The molecule has 0 N–H and O–H groups in total. The summed E-state index contributed by atoms with van der Waals surface area (Å²) in [7, 11) is 0. The molecule has 0 amide bonds. The monoisotopic (exact) mass is 470 g/mol. The summed E-state index contributed by atoms with van der Waals surface area (Å²) in [5.41, 5.74) is 6.98. The minimum atomic E-state index is 0.0139. The molecule has 0 radical (unpaired) electrons. The Kier molecular flexibility index (Phi) is 5.80. The number of rotatable bonds is 6. The van der Waals surface area contributed by atoms with Crippen molar-refractivity contribution in [2.24, 2.45) is 0 Å². The molecule has 0 atom stereocenters. The largest absolute Gasteiger partial charge is 0.365 e. The van der Waals surface area contributed by atoms with E-state index in [0.717, 1.165) is 44.7 Å². The molecule has 4 rings (SSSR count). The zero-order valence-electron chi connectivity index (χ0n) is 18.6. The van der Waals surface area contributed by atoms with E-state index in [1.807, 2.05) is 16.1 Å². The Morgan fingerprint density at radius 1 is 1.03 bits per heavy atom. The second kappa shape index (κ2) is 8.22. The van der Waals surface area contributed by atoms with Crippen molar-refractivity contribution in [3.8, 4) is 5.69 Å². The molecule has 1 aromatic carbocycles. The first kappa shape index (κ1) is 21.2. The van der Waals surface area contributed by atoms with Gasteiger partial charge in [0.2, 0.25) is 0 Å². The Balaban J connectivity index is 2.00. The van der Waals surface area contributed by atoms with Gasteiger partial charge in [-0.1, -0.05) is 42.6 Å². The van der Waals surface area contributed by atoms with E-state index in [2.05, 4.69) is 66.7 Å². The van der Waals surface area contributed by atoms with Crippen LogP contribution >= 0.6 is 15.9 Å². The highest BCUT2D eigenvalue weighted by Crippen LogP contribution is 2.35. The minimum absolute atomic E-state index is 0.0139. The predicted molar refractivity (Wildman–Crippen MR) is 128 cm³/mol. The number of aromatic nitrogens is 3. The molecule has 3 heterocycles. The Hall–Kier alpha value is -2.08. The number of hydrogen-bond donors (Lipinski definition) is 0. The van der Waals surface area contributed by atoms with Crippen LogP contribution in [0.1, 0.15) is 56.4 Å². The maximum atomic E-state index is 13.6. The number of hydrogen-bond acceptors (Lipinski definition) is 3. The zero-order chi connectivity index (χ0) is 21.6. The van der Waals surface area contributed by atoms with Crippen LogP contribution in [0.4, 0.5) is 5.69 Å². The SMILES string of the molecule is CCCC(CCC)N1CCn2c(=O)n(-c3c(C)cc(Br)cc3C)c3nc(C)cc1c32. The molecule has 6 heteroatoms. The Morgan fingerprint density at radius 2 is 1.67 bits per heavy atom. The van der Waals surface area contributed by atoms with E-state index in [9.17, 15) is 4.79 Å². The fourth-order valence-electron chi connectivity index (χ4n) is 5.07. The van der Waals surface area contributed by atoms with E-state index in [-0.39, 0.29) is 5.69 Å². The molecular formula is C24H31BrN4O. The van der Waals surface area contributed by atoms with Crippen molar-refractivity contribution in [2.45, 2.75) is 72.9 Å². The zero-order valence-corrected chi connectivity index (χ0v) is 20.2. The van der Waals surface area contributed by atoms with Crippen LogP contribution in [0, 0.1) is 20.8 Å². The van der Waals surface area contributed by atoms with Gasteiger partial charge in [0.25, 0.3) is 0 Å². The summed E-state index contributed by atoms with van der Waals surface area (Å²) >= 11 is 3.58. The summed E-state index contributed by atoms with van der Waals surface area (Å²) < 4.78 is 4.80.